The SMILES string of the molecule is CN(C)c1ccccc1-c1cccc(-c2ccc3c(c2)c2c4ccccc4ccc2n3C)c1. The predicted octanol–water partition coefficient (Wildman–Crippen LogP) is 7.88. The summed E-state index contributed by atoms with van der Waals surface area (Å²) in [5.74, 6) is 0. The Hall–Kier alpha value is -4.04. The monoisotopic (exact) mass is 426 g/mol. The summed E-state index contributed by atoms with van der Waals surface area (Å²) in [5, 5.41) is 5.24. The van der Waals surface area contributed by atoms with Gasteiger partial charge in [0.1, 0.15) is 0 Å². The van der Waals surface area contributed by atoms with E-state index in [9.17, 15) is 0 Å². The number of hydrogen-bond acceptors (Lipinski definition) is 1. The van der Waals surface area contributed by atoms with Crippen molar-refractivity contribution in [2.45, 2.75) is 0 Å². The Labute approximate surface area is 194 Å². The zero-order valence-electron chi connectivity index (χ0n) is 19.2. The third-order valence-electron chi connectivity index (χ3n) is 6.79. The van der Waals surface area contributed by atoms with Gasteiger partial charge < -0.3 is 9.47 Å². The minimum Gasteiger partial charge on any atom is -0.377 e. The number of anilines is 1. The molecule has 1 aromatic heterocycles. The Morgan fingerprint density at radius 1 is 0.576 bits per heavy atom. The van der Waals surface area contributed by atoms with E-state index < -0.39 is 0 Å². The van der Waals surface area contributed by atoms with Crippen molar-refractivity contribution in [1.29, 1.82) is 0 Å². The minimum absolute atomic E-state index is 1.23. The van der Waals surface area contributed by atoms with Crippen LogP contribution in [0.15, 0.2) is 103 Å². The molecule has 0 fully saturated rings. The third kappa shape index (κ3) is 3.10. The van der Waals surface area contributed by atoms with Crippen LogP contribution in [0.2, 0.25) is 0 Å². The molecule has 5 aromatic carbocycles. The first-order chi connectivity index (χ1) is 16.1. The van der Waals surface area contributed by atoms with Gasteiger partial charge in [-0.25, -0.2) is 0 Å². The molecule has 0 N–H and O–H groups in total. The zero-order valence-corrected chi connectivity index (χ0v) is 19.2. The van der Waals surface area contributed by atoms with Crippen molar-refractivity contribution in [3.05, 3.63) is 103 Å². The predicted molar refractivity (Wildman–Crippen MR) is 143 cm³/mol. The van der Waals surface area contributed by atoms with Gasteiger partial charge in [0.25, 0.3) is 0 Å². The van der Waals surface area contributed by atoms with Crippen molar-refractivity contribution in [1.82, 2.24) is 4.57 Å². The van der Waals surface area contributed by atoms with Crippen molar-refractivity contribution in [2.75, 3.05) is 19.0 Å². The molecular formula is C31H26N2. The van der Waals surface area contributed by atoms with Crippen LogP contribution >= 0.6 is 0 Å². The Morgan fingerprint density at radius 3 is 2.18 bits per heavy atom. The second-order valence-electron chi connectivity index (χ2n) is 8.96. The molecule has 0 saturated carbocycles. The molecule has 0 spiro atoms. The molecule has 0 radical (unpaired) electrons. The highest BCUT2D eigenvalue weighted by Gasteiger charge is 2.13. The van der Waals surface area contributed by atoms with Gasteiger partial charge >= 0.3 is 0 Å². The van der Waals surface area contributed by atoms with Crippen LogP contribution in [0.5, 0.6) is 0 Å². The first-order valence-corrected chi connectivity index (χ1v) is 11.4. The summed E-state index contributed by atoms with van der Waals surface area (Å²) < 4.78 is 2.31. The van der Waals surface area contributed by atoms with Gasteiger partial charge in [-0.15, -0.1) is 0 Å². The van der Waals surface area contributed by atoms with E-state index in [1.807, 2.05) is 0 Å². The molecular weight excluding hydrogens is 400 g/mol. The van der Waals surface area contributed by atoms with E-state index in [0.717, 1.165) is 0 Å². The fourth-order valence-electron chi connectivity index (χ4n) is 5.13. The molecule has 2 nitrogen and oxygen atoms in total. The maximum atomic E-state index is 2.36. The fraction of sp³-hybridized carbons (Fsp3) is 0.0968. The number of nitrogens with zero attached hydrogens (tertiary/aromatic N) is 2. The van der Waals surface area contributed by atoms with E-state index in [0.29, 0.717) is 0 Å². The first-order valence-electron chi connectivity index (χ1n) is 11.4. The molecule has 6 rings (SSSR count). The molecule has 0 amide bonds. The summed E-state index contributed by atoms with van der Waals surface area (Å²) in [6, 6.07) is 37.5. The van der Waals surface area contributed by atoms with Crippen LogP contribution in [0, 0.1) is 0 Å². The van der Waals surface area contributed by atoms with Gasteiger partial charge in [0.05, 0.1) is 0 Å². The van der Waals surface area contributed by atoms with E-state index in [1.54, 1.807) is 0 Å². The van der Waals surface area contributed by atoms with E-state index in [2.05, 4.69) is 134 Å². The molecule has 2 heteroatoms. The van der Waals surface area contributed by atoms with Crippen molar-refractivity contribution >= 4 is 38.3 Å². The topological polar surface area (TPSA) is 8.17 Å². The second kappa shape index (κ2) is 7.53. The Morgan fingerprint density at radius 2 is 1.30 bits per heavy atom. The molecule has 0 saturated heterocycles. The molecule has 0 aliphatic heterocycles. The molecule has 6 aromatic rings. The number of fused-ring (bicyclic) bond motifs is 5. The lowest BCUT2D eigenvalue weighted by Crippen LogP contribution is -2.09. The third-order valence-corrected chi connectivity index (χ3v) is 6.79. The lowest BCUT2D eigenvalue weighted by Gasteiger charge is -2.18. The molecule has 0 bridgehead atoms. The average Bonchev–Trinajstić information content (AvgIpc) is 3.16. The van der Waals surface area contributed by atoms with Crippen molar-refractivity contribution in [2.24, 2.45) is 7.05 Å². The summed E-state index contributed by atoms with van der Waals surface area (Å²) in [4.78, 5) is 2.18. The fourth-order valence-corrected chi connectivity index (χ4v) is 5.13. The molecule has 0 aliphatic rings. The summed E-state index contributed by atoms with van der Waals surface area (Å²) in [5.41, 5.74) is 8.73. The number of rotatable bonds is 3. The standard InChI is InChI=1S/C31H26N2/c1-32(2)28-14-7-6-12-25(28)24-11-8-10-22(19-24)23-16-17-29-27(20-23)31-26-13-5-4-9-21(26)15-18-30(31)33(29)3/h4-20H,1-3H3. The lowest BCUT2D eigenvalue weighted by molar-refractivity contribution is 1.01. The Balaban J connectivity index is 1.57. The number of benzene rings is 5. The van der Waals surface area contributed by atoms with Gasteiger partial charge in [-0.1, -0.05) is 72.8 Å². The van der Waals surface area contributed by atoms with E-state index in [4.69, 9.17) is 0 Å². The van der Waals surface area contributed by atoms with Gasteiger partial charge in [-0.05, 0) is 57.8 Å². The normalized spacial score (nSPS) is 11.5. The number of aryl methyl sites for hydroxylation is 1. The summed E-state index contributed by atoms with van der Waals surface area (Å²) >= 11 is 0. The maximum Gasteiger partial charge on any atom is 0.0495 e. The van der Waals surface area contributed by atoms with Crippen LogP contribution in [0.25, 0.3) is 54.8 Å². The molecule has 0 aliphatic carbocycles. The van der Waals surface area contributed by atoms with Gasteiger partial charge in [0.15, 0.2) is 0 Å². The minimum atomic E-state index is 1.23. The van der Waals surface area contributed by atoms with E-state index >= 15 is 0 Å². The van der Waals surface area contributed by atoms with Crippen molar-refractivity contribution in [3.8, 4) is 22.3 Å². The van der Waals surface area contributed by atoms with Crippen molar-refractivity contribution in [3.63, 3.8) is 0 Å². The summed E-state index contributed by atoms with van der Waals surface area (Å²) in [6.07, 6.45) is 0. The van der Waals surface area contributed by atoms with Crippen LogP contribution in [0.3, 0.4) is 0 Å². The highest BCUT2D eigenvalue weighted by molar-refractivity contribution is 6.21. The van der Waals surface area contributed by atoms with Gasteiger partial charge in [0, 0.05) is 54.2 Å². The molecule has 0 atom stereocenters. The van der Waals surface area contributed by atoms with Crippen molar-refractivity contribution < 1.29 is 0 Å². The molecule has 1 heterocycles. The van der Waals surface area contributed by atoms with Crippen LogP contribution in [-0.4, -0.2) is 18.7 Å². The van der Waals surface area contributed by atoms with Crippen LogP contribution in [-0.2, 0) is 7.05 Å². The van der Waals surface area contributed by atoms with Gasteiger partial charge in [-0.2, -0.15) is 0 Å². The Kier molecular flexibility index (Phi) is 4.48. The van der Waals surface area contributed by atoms with Gasteiger partial charge in [0.2, 0.25) is 0 Å². The molecule has 160 valence electrons. The number of aromatic nitrogens is 1. The highest BCUT2D eigenvalue weighted by Crippen LogP contribution is 2.37. The molecule has 33 heavy (non-hydrogen) atoms. The van der Waals surface area contributed by atoms with Crippen LogP contribution in [0.4, 0.5) is 5.69 Å². The lowest BCUT2D eigenvalue weighted by atomic mass is 9.96. The summed E-state index contributed by atoms with van der Waals surface area (Å²) in [7, 11) is 6.36. The van der Waals surface area contributed by atoms with E-state index in [-0.39, 0.29) is 0 Å². The van der Waals surface area contributed by atoms with E-state index in [1.165, 1.54) is 60.5 Å². The summed E-state index contributed by atoms with van der Waals surface area (Å²) in [6.45, 7) is 0. The first kappa shape index (κ1) is 19.6. The van der Waals surface area contributed by atoms with Gasteiger partial charge in [-0.3, -0.25) is 0 Å². The zero-order chi connectivity index (χ0) is 22.5. The smallest absolute Gasteiger partial charge is 0.0495 e. The van der Waals surface area contributed by atoms with Crippen LogP contribution in [0.1, 0.15) is 0 Å². The average molecular weight is 427 g/mol. The molecule has 0 unspecified atom stereocenters. The largest absolute Gasteiger partial charge is 0.377 e. The number of hydrogen-bond donors (Lipinski definition) is 0. The maximum absolute atomic E-state index is 2.36. The second-order valence-corrected chi connectivity index (χ2v) is 8.96. The number of para-hydroxylation sites is 1. The quantitative estimate of drug-likeness (QED) is 0.279. The van der Waals surface area contributed by atoms with Crippen LogP contribution < -0.4 is 4.90 Å². The Bertz CT molecular complexity index is 1650. The highest BCUT2D eigenvalue weighted by atomic mass is 15.1.